The van der Waals surface area contributed by atoms with Crippen LogP contribution in [-0.2, 0) is 6.61 Å². The average molecular weight is 350 g/mol. The van der Waals surface area contributed by atoms with Gasteiger partial charge in [-0.2, -0.15) is 0 Å². The number of nitrogens with zero attached hydrogens (tertiary/aromatic N) is 1. The molecular formula is C11H9ClINO2. The van der Waals surface area contributed by atoms with Crippen molar-refractivity contribution in [2.24, 2.45) is 0 Å². The van der Waals surface area contributed by atoms with E-state index in [1.54, 1.807) is 0 Å². The second-order valence-corrected chi connectivity index (χ2v) is 4.95. The SMILES string of the molecule is Cc1cc(COc2cc(I)ccc2Cl)no1. The van der Waals surface area contributed by atoms with Crippen LogP contribution in [-0.4, -0.2) is 5.16 Å². The number of ether oxygens (including phenoxy) is 1. The smallest absolute Gasteiger partial charge is 0.139 e. The van der Waals surface area contributed by atoms with Gasteiger partial charge in [-0.15, -0.1) is 0 Å². The molecule has 0 fully saturated rings. The third-order valence-corrected chi connectivity index (χ3v) is 2.93. The molecule has 1 heterocycles. The van der Waals surface area contributed by atoms with Gasteiger partial charge in [-0.3, -0.25) is 0 Å². The van der Waals surface area contributed by atoms with E-state index in [0.29, 0.717) is 17.4 Å². The molecule has 16 heavy (non-hydrogen) atoms. The quantitative estimate of drug-likeness (QED) is 0.790. The number of benzene rings is 1. The highest BCUT2D eigenvalue weighted by Crippen LogP contribution is 2.26. The maximum Gasteiger partial charge on any atom is 0.139 e. The summed E-state index contributed by atoms with van der Waals surface area (Å²) in [5, 5.41) is 4.44. The van der Waals surface area contributed by atoms with Gasteiger partial charge in [-0.05, 0) is 47.7 Å². The lowest BCUT2D eigenvalue weighted by molar-refractivity contribution is 0.288. The molecule has 0 radical (unpaired) electrons. The number of aryl methyl sites for hydroxylation is 1. The molecule has 0 saturated heterocycles. The molecule has 0 aliphatic rings. The molecule has 0 bridgehead atoms. The van der Waals surface area contributed by atoms with Crippen molar-refractivity contribution in [3.05, 3.63) is 44.3 Å². The highest BCUT2D eigenvalue weighted by Gasteiger charge is 2.05. The first-order valence-electron chi connectivity index (χ1n) is 4.65. The molecule has 0 saturated carbocycles. The Morgan fingerprint density at radius 3 is 2.94 bits per heavy atom. The summed E-state index contributed by atoms with van der Waals surface area (Å²) >= 11 is 8.20. The van der Waals surface area contributed by atoms with Crippen molar-refractivity contribution in [3.8, 4) is 5.75 Å². The Kier molecular flexibility index (Phi) is 3.70. The van der Waals surface area contributed by atoms with Crippen molar-refractivity contribution in [2.45, 2.75) is 13.5 Å². The van der Waals surface area contributed by atoms with Gasteiger partial charge in [0.15, 0.2) is 0 Å². The van der Waals surface area contributed by atoms with E-state index in [9.17, 15) is 0 Å². The van der Waals surface area contributed by atoms with Crippen LogP contribution < -0.4 is 4.74 Å². The fourth-order valence-electron chi connectivity index (χ4n) is 1.23. The number of hydrogen-bond donors (Lipinski definition) is 0. The van der Waals surface area contributed by atoms with Gasteiger partial charge >= 0.3 is 0 Å². The predicted octanol–water partition coefficient (Wildman–Crippen LogP) is 3.82. The van der Waals surface area contributed by atoms with Gasteiger partial charge in [-0.25, -0.2) is 0 Å². The molecule has 0 aliphatic heterocycles. The average Bonchev–Trinajstić information content (AvgIpc) is 2.66. The Hall–Kier alpha value is -0.750. The Labute approximate surface area is 112 Å². The molecule has 0 aliphatic carbocycles. The molecule has 1 aromatic carbocycles. The molecule has 84 valence electrons. The van der Waals surface area contributed by atoms with Gasteiger partial charge in [0, 0.05) is 9.64 Å². The molecule has 1 aromatic heterocycles. The van der Waals surface area contributed by atoms with E-state index in [4.69, 9.17) is 20.9 Å². The molecule has 0 atom stereocenters. The van der Waals surface area contributed by atoms with Crippen molar-refractivity contribution in [1.29, 1.82) is 0 Å². The predicted molar refractivity (Wildman–Crippen MR) is 69.7 cm³/mol. The third-order valence-electron chi connectivity index (χ3n) is 1.95. The van der Waals surface area contributed by atoms with Crippen molar-refractivity contribution < 1.29 is 9.26 Å². The van der Waals surface area contributed by atoms with E-state index in [1.165, 1.54) is 0 Å². The molecule has 0 N–H and O–H groups in total. The van der Waals surface area contributed by atoms with Crippen LogP contribution in [0.2, 0.25) is 5.02 Å². The van der Waals surface area contributed by atoms with E-state index in [1.807, 2.05) is 31.2 Å². The van der Waals surface area contributed by atoms with E-state index in [-0.39, 0.29) is 0 Å². The van der Waals surface area contributed by atoms with Gasteiger partial charge in [-0.1, -0.05) is 16.8 Å². The van der Waals surface area contributed by atoms with Crippen LogP contribution >= 0.6 is 34.2 Å². The van der Waals surface area contributed by atoms with Crippen molar-refractivity contribution in [1.82, 2.24) is 5.16 Å². The zero-order chi connectivity index (χ0) is 11.5. The second kappa shape index (κ2) is 5.05. The minimum absolute atomic E-state index is 0.358. The monoisotopic (exact) mass is 349 g/mol. The Bertz CT molecular complexity index is 498. The Morgan fingerprint density at radius 2 is 2.25 bits per heavy atom. The highest BCUT2D eigenvalue weighted by atomic mass is 127. The van der Waals surface area contributed by atoms with Crippen molar-refractivity contribution in [2.75, 3.05) is 0 Å². The summed E-state index contributed by atoms with van der Waals surface area (Å²) in [5.74, 6) is 1.43. The normalized spacial score (nSPS) is 10.4. The molecule has 5 heteroatoms. The number of rotatable bonds is 3. The molecule has 3 nitrogen and oxygen atoms in total. The summed E-state index contributed by atoms with van der Waals surface area (Å²) in [6.45, 7) is 2.20. The lowest BCUT2D eigenvalue weighted by Crippen LogP contribution is -1.96. The molecular weight excluding hydrogens is 340 g/mol. The van der Waals surface area contributed by atoms with Gasteiger partial charge in [0.2, 0.25) is 0 Å². The molecule has 0 amide bonds. The van der Waals surface area contributed by atoms with E-state index in [0.717, 1.165) is 15.0 Å². The molecule has 0 unspecified atom stereocenters. The molecule has 2 rings (SSSR count). The molecule has 2 aromatic rings. The third kappa shape index (κ3) is 2.89. The first-order valence-corrected chi connectivity index (χ1v) is 6.11. The summed E-state index contributed by atoms with van der Waals surface area (Å²) in [5.41, 5.74) is 0.757. The lowest BCUT2D eigenvalue weighted by Gasteiger charge is -2.06. The number of hydrogen-bond acceptors (Lipinski definition) is 3. The summed E-state index contributed by atoms with van der Waals surface area (Å²) < 4.78 is 11.6. The van der Waals surface area contributed by atoms with Crippen LogP contribution in [0, 0.1) is 10.5 Å². The zero-order valence-corrected chi connectivity index (χ0v) is 11.4. The van der Waals surface area contributed by atoms with Crippen LogP contribution in [0.5, 0.6) is 5.75 Å². The fourth-order valence-corrected chi connectivity index (χ4v) is 1.86. The van der Waals surface area contributed by atoms with Gasteiger partial charge in [0.25, 0.3) is 0 Å². The minimum atomic E-state index is 0.358. The van der Waals surface area contributed by atoms with Crippen LogP contribution in [0.25, 0.3) is 0 Å². The summed E-state index contributed by atoms with van der Waals surface area (Å²) in [6, 6.07) is 7.46. The maximum absolute atomic E-state index is 6.00. The number of aromatic nitrogens is 1. The first kappa shape index (κ1) is 11.7. The fraction of sp³-hybridized carbons (Fsp3) is 0.182. The van der Waals surface area contributed by atoms with E-state index >= 15 is 0 Å². The standard InChI is InChI=1S/C11H9ClINO2/c1-7-4-9(14-16-7)6-15-11-5-8(13)2-3-10(11)12/h2-5H,6H2,1H3. The van der Waals surface area contributed by atoms with Crippen LogP contribution in [0.4, 0.5) is 0 Å². The van der Waals surface area contributed by atoms with Crippen molar-refractivity contribution >= 4 is 34.2 Å². The topological polar surface area (TPSA) is 35.3 Å². The summed E-state index contributed by atoms with van der Waals surface area (Å²) in [6.07, 6.45) is 0. The first-order chi connectivity index (χ1) is 7.65. The van der Waals surface area contributed by atoms with Gasteiger partial charge < -0.3 is 9.26 Å². The lowest BCUT2D eigenvalue weighted by atomic mass is 10.3. The zero-order valence-electron chi connectivity index (χ0n) is 8.54. The molecule has 0 spiro atoms. The number of halogens is 2. The van der Waals surface area contributed by atoms with Gasteiger partial charge in [0.1, 0.15) is 23.8 Å². The second-order valence-electron chi connectivity index (χ2n) is 3.29. The summed E-state index contributed by atoms with van der Waals surface area (Å²) in [7, 11) is 0. The Morgan fingerprint density at radius 1 is 1.44 bits per heavy atom. The highest BCUT2D eigenvalue weighted by molar-refractivity contribution is 14.1. The van der Waals surface area contributed by atoms with Crippen molar-refractivity contribution in [3.63, 3.8) is 0 Å². The Balaban J connectivity index is 2.07. The minimum Gasteiger partial charge on any atom is -0.486 e. The van der Waals surface area contributed by atoms with Crippen LogP contribution in [0.3, 0.4) is 0 Å². The summed E-state index contributed by atoms with van der Waals surface area (Å²) in [4.78, 5) is 0. The van der Waals surface area contributed by atoms with Crippen LogP contribution in [0.15, 0.2) is 28.8 Å². The van der Waals surface area contributed by atoms with E-state index in [2.05, 4.69) is 27.7 Å². The van der Waals surface area contributed by atoms with Crippen LogP contribution in [0.1, 0.15) is 11.5 Å². The van der Waals surface area contributed by atoms with E-state index < -0.39 is 0 Å². The van der Waals surface area contributed by atoms with Gasteiger partial charge in [0.05, 0.1) is 5.02 Å². The largest absolute Gasteiger partial charge is 0.486 e. The maximum atomic E-state index is 6.00.